The van der Waals surface area contributed by atoms with E-state index in [1.165, 1.54) is 12.5 Å². The summed E-state index contributed by atoms with van der Waals surface area (Å²) in [5.41, 5.74) is 2.59. The molecule has 0 atom stereocenters. The van der Waals surface area contributed by atoms with Gasteiger partial charge in [-0.25, -0.2) is 0 Å². The Bertz CT molecular complexity index is 810. The Morgan fingerprint density at radius 1 is 1.03 bits per heavy atom. The van der Waals surface area contributed by atoms with Gasteiger partial charge in [-0.2, -0.15) is 0 Å². The number of piperidine rings is 1. The van der Waals surface area contributed by atoms with Crippen molar-refractivity contribution in [3.63, 3.8) is 0 Å². The fourth-order valence-corrected chi connectivity index (χ4v) is 4.04. The van der Waals surface area contributed by atoms with Crippen molar-refractivity contribution in [2.75, 3.05) is 31.6 Å². The summed E-state index contributed by atoms with van der Waals surface area (Å²) in [6, 6.07) is 18.0. The monoisotopic (exact) mass is 394 g/mol. The molecule has 3 rings (SSSR count). The van der Waals surface area contributed by atoms with Crippen LogP contribution in [-0.2, 0) is 26.2 Å². The van der Waals surface area contributed by atoms with Crippen molar-refractivity contribution >= 4 is 17.6 Å². The van der Waals surface area contributed by atoms with Gasteiger partial charge in [0.1, 0.15) is 0 Å². The lowest BCUT2D eigenvalue weighted by Gasteiger charge is -2.40. The summed E-state index contributed by atoms with van der Waals surface area (Å²) >= 11 is 0. The molecule has 2 aromatic carbocycles. The fraction of sp³-hybridized carbons (Fsp3) is 0.417. The van der Waals surface area contributed by atoms with Gasteiger partial charge in [-0.05, 0) is 62.5 Å². The highest BCUT2D eigenvalue weighted by Gasteiger charge is 2.43. The number of esters is 1. The fourth-order valence-electron chi connectivity index (χ4n) is 4.04. The molecule has 1 heterocycles. The van der Waals surface area contributed by atoms with Gasteiger partial charge in [0, 0.05) is 19.2 Å². The summed E-state index contributed by atoms with van der Waals surface area (Å²) in [6.45, 7) is 6.48. The third-order valence-corrected chi connectivity index (χ3v) is 5.69. The first-order chi connectivity index (χ1) is 14.0. The number of hydrogen-bond acceptors (Lipinski definition) is 4. The standard InChI is InChI=1S/C24H30N2O3/c1-3-29-23(28)24(21-7-5-4-6-8-21)14-17-26(18-15-24)16-13-20-9-11-22(12-10-20)25-19(2)27/h4-12H,3,13-18H2,1-2H3,(H,25,27). The van der Waals surface area contributed by atoms with Gasteiger partial charge < -0.3 is 15.0 Å². The number of carbonyl (C=O) groups is 2. The maximum Gasteiger partial charge on any atom is 0.316 e. The molecule has 1 aliphatic heterocycles. The largest absolute Gasteiger partial charge is 0.465 e. The molecule has 0 aromatic heterocycles. The Labute approximate surface area is 173 Å². The number of benzene rings is 2. The third kappa shape index (κ3) is 5.24. The second-order valence-electron chi connectivity index (χ2n) is 7.64. The summed E-state index contributed by atoms with van der Waals surface area (Å²) < 4.78 is 5.45. The first-order valence-corrected chi connectivity index (χ1v) is 10.3. The summed E-state index contributed by atoms with van der Waals surface area (Å²) in [5, 5.41) is 2.79. The van der Waals surface area contributed by atoms with E-state index in [0.29, 0.717) is 6.61 Å². The molecule has 0 saturated carbocycles. The van der Waals surface area contributed by atoms with Crippen molar-refractivity contribution < 1.29 is 14.3 Å². The second kappa shape index (κ2) is 9.70. The predicted octanol–water partition coefficient (Wildman–Crippen LogP) is 3.78. The van der Waals surface area contributed by atoms with Crippen LogP contribution < -0.4 is 5.32 Å². The summed E-state index contributed by atoms with van der Waals surface area (Å²) in [6.07, 6.45) is 2.49. The Hall–Kier alpha value is -2.66. The Balaban J connectivity index is 1.59. The minimum absolute atomic E-state index is 0.0606. The predicted molar refractivity (Wildman–Crippen MR) is 115 cm³/mol. The van der Waals surface area contributed by atoms with Gasteiger partial charge >= 0.3 is 5.97 Å². The van der Waals surface area contributed by atoms with Gasteiger partial charge in [-0.3, -0.25) is 9.59 Å². The van der Waals surface area contributed by atoms with Gasteiger partial charge in [-0.1, -0.05) is 42.5 Å². The molecule has 5 heteroatoms. The van der Waals surface area contributed by atoms with Crippen molar-refractivity contribution in [1.82, 2.24) is 4.90 Å². The lowest BCUT2D eigenvalue weighted by Crippen LogP contribution is -2.48. The quantitative estimate of drug-likeness (QED) is 0.726. The number of amides is 1. The van der Waals surface area contributed by atoms with Crippen molar-refractivity contribution in [1.29, 1.82) is 0 Å². The number of carbonyl (C=O) groups excluding carboxylic acids is 2. The lowest BCUT2D eigenvalue weighted by atomic mass is 9.72. The zero-order valence-corrected chi connectivity index (χ0v) is 17.3. The highest BCUT2D eigenvalue weighted by Crippen LogP contribution is 2.37. The van der Waals surface area contributed by atoms with Crippen LogP contribution in [0.5, 0.6) is 0 Å². The van der Waals surface area contributed by atoms with E-state index in [-0.39, 0.29) is 11.9 Å². The lowest BCUT2D eigenvalue weighted by molar-refractivity contribution is -0.152. The number of hydrogen-bond donors (Lipinski definition) is 1. The molecule has 0 bridgehead atoms. The zero-order valence-electron chi connectivity index (χ0n) is 17.3. The first kappa shape index (κ1) is 21.1. The van der Waals surface area contributed by atoms with Crippen LogP contribution in [-0.4, -0.2) is 43.0 Å². The van der Waals surface area contributed by atoms with E-state index < -0.39 is 5.41 Å². The number of likely N-dealkylation sites (tertiary alicyclic amines) is 1. The Morgan fingerprint density at radius 3 is 2.28 bits per heavy atom. The summed E-state index contributed by atoms with van der Waals surface area (Å²) in [5.74, 6) is -0.158. The molecule has 1 aliphatic rings. The van der Waals surface area contributed by atoms with Gasteiger partial charge in [0.15, 0.2) is 0 Å². The van der Waals surface area contributed by atoms with E-state index in [1.54, 1.807) is 0 Å². The Morgan fingerprint density at radius 2 is 1.69 bits per heavy atom. The minimum atomic E-state index is -0.534. The molecule has 29 heavy (non-hydrogen) atoms. The molecular formula is C24H30N2O3. The number of nitrogens with one attached hydrogen (secondary N) is 1. The zero-order chi connectivity index (χ0) is 20.7. The SMILES string of the molecule is CCOC(=O)C1(c2ccccc2)CCN(CCc2ccc(NC(C)=O)cc2)CC1. The molecule has 0 spiro atoms. The van der Waals surface area contributed by atoms with E-state index >= 15 is 0 Å². The van der Waals surface area contributed by atoms with Gasteiger partial charge in [0.2, 0.25) is 5.91 Å². The first-order valence-electron chi connectivity index (χ1n) is 10.3. The normalized spacial score (nSPS) is 16.2. The molecule has 1 N–H and O–H groups in total. The summed E-state index contributed by atoms with van der Waals surface area (Å²) in [4.78, 5) is 26.4. The minimum Gasteiger partial charge on any atom is -0.465 e. The number of ether oxygens (including phenoxy) is 1. The van der Waals surface area contributed by atoms with Crippen LogP contribution in [0.15, 0.2) is 54.6 Å². The second-order valence-corrected chi connectivity index (χ2v) is 7.64. The molecule has 1 amide bonds. The molecule has 5 nitrogen and oxygen atoms in total. The van der Waals surface area contributed by atoms with E-state index in [4.69, 9.17) is 4.74 Å². The molecule has 0 radical (unpaired) electrons. The van der Waals surface area contributed by atoms with Crippen LogP contribution >= 0.6 is 0 Å². The Kier molecular flexibility index (Phi) is 7.04. The van der Waals surface area contributed by atoms with Crippen LogP contribution in [0, 0.1) is 0 Å². The van der Waals surface area contributed by atoms with Crippen LogP contribution in [0.3, 0.4) is 0 Å². The highest BCUT2D eigenvalue weighted by molar-refractivity contribution is 5.88. The van der Waals surface area contributed by atoms with Crippen molar-refractivity contribution in [2.24, 2.45) is 0 Å². The van der Waals surface area contributed by atoms with Crippen LogP contribution in [0.1, 0.15) is 37.8 Å². The van der Waals surface area contributed by atoms with Crippen LogP contribution in [0.25, 0.3) is 0 Å². The molecule has 2 aromatic rings. The molecule has 1 fully saturated rings. The number of anilines is 1. The molecule has 0 aliphatic carbocycles. The maximum absolute atomic E-state index is 12.8. The number of nitrogens with zero attached hydrogens (tertiary/aromatic N) is 1. The van der Waals surface area contributed by atoms with E-state index in [9.17, 15) is 9.59 Å². The van der Waals surface area contributed by atoms with Crippen LogP contribution in [0.2, 0.25) is 0 Å². The van der Waals surface area contributed by atoms with E-state index in [2.05, 4.69) is 22.3 Å². The average molecular weight is 395 g/mol. The maximum atomic E-state index is 12.8. The number of rotatable bonds is 7. The average Bonchev–Trinajstić information content (AvgIpc) is 2.74. The van der Waals surface area contributed by atoms with Crippen molar-refractivity contribution in [3.8, 4) is 0 Å². The van der Waals surface area contributed by atoms with Crippen molar-refractivity contribution in [3.05, 3.63) is 65.7 Å². The van der Waals surface area contributed by atoms with Crippen LogP contribution in [0.4, 0.5) is 5.69 Å². The van der Waals surface area contributed by atoms with E-state index in [0.717, 1.165) is 50.1 Å². The van der Waals surface area contributed by atoms with Crippen molar-refractivity contribution in [2.45, 2.75) is 38.5 Å². The van der Waals surface area contributed by atoms with Gasteiger partial charge in [-0.15, -0.1) is 0 Å². The third-order valence-electron chi connectivity index (χ3n) is 5.69. The molecule has 154 valence electrons. The van der Waals surface area contributed by atoms with Gasteiger partial charge in [0.25, 0.3) is 0 Å². The molecular weight excluding hydrogens is 364 g/mol. The topological polar surface area (TPSA) is 58.6 Å². The van der Waals surface area contributed by atoms with Gasteiger partial charge in [0.05, 0.1) is 12.0 Å². The molecule has 0 unspecified atom stereocenters. The van der Waals surface area contributed by atoms with E-state index in [1.807, 2.05) is 49.4 Å². The highest BCUT2D eigenvalue weighted by atomic mass is 16.5. The smallest absolute Gasteiger partial charge is 0.316 e. The molecule has 1 saturated heterocycles. The summed E-state index contributed by atoms with van der Waals surface area (Å²) in [7, 11) is 0.